The molecule has 0 saturated heterocycles. The molecule has 4 rings (SSSR count). The zero-order valence-electron chi connectivity index (χ0n) is 13.9. The predicted octanol–water partition coefficient (Wildman–Crippen LogP) is 3.80. The van der Waals surface area contributed by atoms with Crippen molar-refractivity contribution in [1.82, 2.24) is 15.5 Å². The number of aromatic nitrogens is 2. The van der Waals surface area contributed by atoms with E-state index in [0.29, 0.717) is 11.5 Å². The zero-order valence-corrected chi connectivity index (χ0v) is 13.9. The molecule has 24 heavy (non-hydrogen) atoms. The van der Waals surface area contributed by atoms with Gasteiger partial charge in [-0.2, -0.15) is 5.10 Å². The monoisotopic (exact) mass is 321 g/mol. The average Bonchev–Trinajstić information content (AvgIpc) is 3.24. The molecule has 122 valence electrons. The summed E-state index contributed by atoms with van der Waals surface area (Å²) in [5, 5.41) is 10.1. The van der Waals surface area contributed by atoms with E-state index in [1.165, 1.54) is 5.56 Å². The molecule has 5 nitrogen and oxygen atoms in total. The van der Waals surface area contributed by atoms with E-state index < -0.39 is 0 Å². The molecule has 1 aliphatic rings. The van der Waals surface area contributed by atoms with Gasteiger partial charge in [0.1, 0.15) is 5.69 Å². The molecule has 3 heterocycles. The van der Waals surface area contributed by atoms with Gasteiger partial charge in [0, 0.05) is 5.56 Å². The molecule has 0 spiro atoms. The average molecular weight is 321 g/mol. The van der Waals surface area contributed by atoms with Crippen molar-refractivity contribution in [1.29, 1.82) is 0 Å². The molecular formula is C19H19N3O2. The summed E-state index contributed by atoms with van der Waals surface area (Å²) >= 11 is 0. The number of aromatic amines is 1. The van der Waals surface area contributed by atoms with Crippen LogP contribution in [0.2, 0.25) is 0 Å². The van der Waals surface area contributed by atoms with Gasteiger partial charge in [-0.3, -0.25) is 9.89 Å². The summed E-state index contributed by atoms with van der Waals surface area (Å²) in [5.74, 6) is 0.514. The Morgan fingerprint density at radius 3 is 2.50 bits per heavy atom. The summed E-state index contributed by atoms with van der Waals surface area (Å²) in [5.41, 5.74) is 4.42. The van der Waals surface area contributed by atoms with Crippen LogP contribution < -0.4 is 5.32 Å². The van der Waals surface area contributed by atoms with Gasteiger partial charge >= 0.3 is 0 Å². The van der Waals surface area contributed by atoms with E-state index in [1.54, 1.807) is 6.26 Å². The van der Waals surface area contributed by atoms with Crippen molar-refractivity contribution in [2.45, 2.75) is 32.2 Å². The first-order valence-electron chi connectivity index (χ1n) is 7.98. The maximum absolute atomic E-state index is 12.2. The second-order valence-corrected chi connectivity index (χ2v) is 7.12. The zero-order chi connectivity index (χ0) is 16.9. The molecule has 3 aromatic rings. The Kier molecular flexibility index (Phi) is 3.13. The maximum atomic E-state index is 12.2. The third kappa shape index (κ3) is 2.24. The lowest BCUT2D eigenvalue weighted by Gasteiger charge is -2.20. The number of carbonyl (C=O) groups is 1. The van der Waals surface area contributed by atoms with Crippen molar-refractivity contribution in [3.8, 4) is 11.5 Å². The fraction of sp³-hybridized carbons (Fsp3) is 0.263. The van der Waals surface area contributed by atoms with Crippen LogP contribution in [0, 0.1) is 0 Å². The van der Waals surface area contributed by atoms with Crippen molar-refractivity contribution < 1.29 is 9.21 Å². The number of nitrogens with one attached hydrogen (secondary N) is 2. The van der Waals surface area contributed by atoms with E-state index in [4.69, 9.17) is 4.42 Å². The Hall–Kier alpha value is -2.82. The quantitative estimate of drug-likeness (QED) is 0.754. The molecule has 1 aromatic carbocycles. The lowest BCUT2D eigenvalue weighted by molar-refractivity contribution is 0.0955. The van der Waals surface area contributed by atoms with Gasteiger partial charge in [0.15, 0.2) is 11.5 Å². The Labute approximate surface area is 140 Å². The largest absolute Gasteiger partial charge is 0.463 e. The predicted molar refractivity (Wildman–Crippen MR) is 90.7 cm³/mol. The summed E-state index contributed by atoms with van der Waals surface area (Å²) in [4.78, 5) is 12.2. The summed E-state index contributed by atoms with van der Waals surface area (Å²) in [7, 11) is 0. The van der Waals surface area contributed by atoms with Gasteiger partial charge in [-0.1, -0.05) is 45.0 Å². The van der Waals surface area contributed by atoms with Gasteiger partial charge in [0.05, 0.1) is 12.3 Å². The molecule has 0 saturated carbocycles. The molecule has 1 amide bonds. The highest BCUT2D eigenvalue weighted by molar-refractivity contribution is 5.99. The molecule has 0 aliphatic carbocycles. The Balaban J connectivity index is 1.77. The minimum Gasteiger partial charge on any atom is -0.463 e. The molecule has 1 atom stereocenters. The molecule has 0 bridgehead atoms. The number of hydrogen-bond acceptors (Lipinski definition) is 3. The standard InChI is InChI=1S/C19H19N3O2/c1-19(2,3)12-8-6-11(7-9-12)15-14-16(13-5-4-10-24-13)21-22-17(14)18(23)20-15/h4-10,15H,1-3H3,(H,20,23)(H,21,22). The number of H-pyrrole nitrogens is 1. The van der Waals surface area contributed by atoms with Gasteiger partial charge in [-0.25, -0.2) is 0 Å². The van der Waals surface area contributed by atoms with Crippen LogP contribution >= 0.6 is 0 Å². The molecule has 1 unspecified atom stereocenters. The fourth-order valence-electron chi connectivity index (χ4n) is 3.11. The smallest absolute Gasteiger partial charge is 0.272 e. The Morgan fingerprint density at radius 2 is 1.88 bits per heavy atom. The second kappa shape index (κ2) is 5.09. The summed E-state index contributed by atoms with van der Waals surface area (Å²) in [6.45, 7) is 6.55. The number of furan rings is 1. The highest BCUT2D eigenvalue weighted by Gasteiger charge is 2.36. The second-order valence-electron chi connectivity index (χ2n) is 7.12. The van der Waals surface area contributed by atoms with Crippen LogP contribution in [0.4, 0.5) is 0 Å². The van der Waals surface area contributed by atoms with Crippen LogP contribution in [0.25, 0.3) is 11.5 Å². The molecule has 0 fully saturated rings. The Morgan fingerprint density at radius 1 is 1.12 bits per heavy atom. The highest BCUT2D eigenvalue weighted by Crippen LogP contribution is 2.37. The van der Waals surface area contributed by atoms with Crippen molar-refractivity contribution in [2.24, 2.45) is 0 Å². The third-order valence-corrected chi connectivity index (χ3v) is 4.46. The van der Waals surface area contributed by atoms with Gasteiger partial charge in [-0.05, 0) is 28.7 Å². The van der Waals surface area contributed by atoms with Gasteiger partial charge in [-0.15, -0.1) is 0 Å². The highest BCUT2D eigenvalue weighted by atomic mass is 16.3. The van der Waals surface area contributed by atoms with Crippen LogP contribution in [0.3, 0.4) is 0 Å². The topological polar surface area (TPSA) is 70.9 Å². The first-order chi connectivity index (χ1) is 11.4. The van der Waals surface area contributed by atoms with Gasteiger partial charge in [0.2, 0.25) is 0 Å². The maximum Gasteiger partial charge on any atom is 0.272 e. The first kappa shape index (κ1) is 14.8. The SMILES string of the molecule is CC(C)(C)c1ccc(C2NC(=O)c3n[nH]c(-c4ccco4)c32)cc1. The van der Waals surface area contributed by atoms with E-state index in [-0.39, 0.29) is 17.4 Å². The van der Waals surface area contributed by atoms with Crippen LogP contribution in [0.5, 0.6) is 0 Å². The molecule has 2 aromatic heterocycles. The third-order valence-electron chi connectivity index (χ3n) is 4.46. The molecule has 1 aliphatic heterocycles. The summed E-state index contributed by atoms with van der Waals surface area (Å²) in [6, 6.07) is 11.8. The lowest BCUT2D eigenvalue weighted by atomic mass is 9.86. The number of benzene rings is 1. The van der Waals surface area contributed by atoms with Gasteiger partial charge < -0.3 is 9.73 Å². The van der Waals surface area contributed by atoms with Crippen LogP contribution in [0.15, 0.2) is 47.1 Å². The van der Waals surface area contributed by atoms with Crippen molar-refractivity contribution in [3.05, 3.63) is 65.0 Å². The molecule has 5 heteroatoms. The molecular weight excluding hydrogens is 302 g/mol. The summed E-state index contributed by atoms with van der Waals surface area (Å²) in [6.07, 6.45) is 1.61. The fourth-order valence-corrected chi connectivity index (χ4v) is 3.11. The number of hydrogen-bond donors (Lipinski definition) is 2. The van der Waals surface area contributed by atoms with Crippen molar-refractivity contribution in [3.63, 3.8) is 0 Å². The molecule has 2 N–H and O–H groups in total. The number of carbonyl (C=O) groups excluding carboxylic acids is 1. The first-order valence-corrected chi connectivity index (χ1v) is 7.98. The van der Waals surface area contributed by atoms with Crippen LogP contribution in [-0.4, -0.2) is 16.1 Å². The van der Waals surface area contributed by atoms with Crippen molar-refractivity contribution in [2.75, 3.05) is 0 Å². The minimum absolute atomic E-state index is 0.0948. The number of nitrogens with zero attached hydrogens (tertiary/aromatic N) is 1. The van der Waals surface area contributed by atoms with Crippen LogP contribution in [0.1, 0.15) is 54.0 Å². The van der Waals surface area contributed by atoms with E-state index >= 15 is 0 Å². The normalized spacial score (nSPS) is 17.0. The Bertz CT molecular complexity index is 884. The number of fused-ring (bicyclic) bond motifs is 1. The van der Waals surface area contributed by atoms with E-state index in [0.717, 1.165) is 16.8 Å². The van der Waals surface area contributed by atoms with E-state index in [2.05, 4.69) is 60.6 Å². The van der Waals surface area contributed by atoms with E-state index in [1.807, 2.05) is 12.1 Å². The number of amides is 1. The summed E-state index contributed by atoms with van der Waals surface area (Å²) < 4.78 is 5.48. The van der Waals surface area contributed by atoms with Crippen molar-refractivity contribution >= 4 is 5.91 Å². The minimum atomic E-state index is -0.222. The lowest BCUT2D eigenvalue weighted by Crippen LogP contribution is -2.21. The molecule has 0 radical (unpaired) electrons. The van der Waals surface area contributed by atoms with Crippen LogP contribution in [-0.2, 0) is 5.41 Å². The van der Waals surface area contributed by atoms with E-state index in [9.17, 15) is 4.79 Å². The number of rotatable bonds is 2. The van der Waals surface area contributed by atoms with Gasteiger partial charge in [0.25, 0.3) is 5.91 Å².